The molecule has 0 aromatic heterocycles. The molecular formula is C20H19FN2O3S. The molecule has 2 amide bonds. The lowest BCUT2D eigenvalue weighted by atomic mass is 9.96. The fourth-order valence-electron chi connectivity index (χ4n) is 2.82. The number of benzene rings is 2. The molecule has 3 rings (SSSR count). The SMILES string of the molecule is CCOC(=O)C1=C(C)NC(=O)N[C@@H]1c1ccc(Sc2cccc(F)c2)cc1. The summed E-state index contributed by atoms with van der Waals surface area (Å²) in [7, 11) is 0. The van der Waals surface area contributed by atoms with Gasteiger partial charge in [0.2, 0.25) is 0 Å². The third-order valence-corrected chi connectivity index (χ3v) is 5.01. The minimum atomic E-state index is -0.592. The minimum Gasteiger partial charge on any atom is -0.463 e. The first kappa shape index (κ1) is 19.0. The van der Waals surface area contributed by atoms with Crippen LogP contribution in [0.4, 0.5) is 9.18 Å². The number of carbonyl (C=O) groups excluding carboxylic acids is 2. The van der Waals surface area contributed by atoms with E-state index >= 15 is 0 Å². The zero-order valence-corrected chi connectivity index (χ0v) is 15.7. The summed E-state index contributed by atoms with van der Waals surface area (Å²) in [5.41, 5.74) is 1.61. The Hall–Kier alpha value is -2.80. The lowest BCUT2D eigenvalue weighted by Crippen LogP contribution is -2.45. The molecule has 0 aliphatic carbocycles. The summed E-state index contributed by atoms with van der Waals surface area (Å²) in [4.78, 5) is 25.9. The Kier molecular flexibility index (Phi) is 5.81. The number of ether oxygens (including phenoxy) is 1. The lowest BCUT2D eigenvalue weighted by molar-refractivity contribution is -0.139. The quantitative estimate of drug-likeness (QED) is 0.757. The first-order chi connectivity index (χ1) is 13.0. The molecule has 1 heterocycles. The Balaban J connectivity index is 1.85. The first-order valence-corrected chi connectivity index (χ1v) is 9.28. The molecule has 0 saturated carbocycles. The maximum Gasteiger partial charge on any atom is 0.338 e. The van der Waals surface area contributed by atoms with E-state index in [-0.39, 0.29) is 18.5 Å². The average molecular weight is 386 g/mol. The second kappa shape index (κ2) is 8.26. The number of rotatable bonds is 5. The molecule has 2 aromatic carbocycles. The fraction of sp³-hybridized carbons (Fsp3) is 0.200. The summed E-state index contributed by atoms with van der Waals surface area (Å²) < 4.78 is 18.4. The van der Waals surface area contributed by atoms with Crippen molar-refractivity contribution in [2.45, 2.75) is 29.7 Å². The number of halogens is 1. The van der Waals surface area contributed by atoms with Crippen LogP contribution in [-0.4, -0.2) is 18.6 Å². The van der Waals surface area contributed by atoms with E-state index < -0.39 is 12.0 Å². The largest absolute Gasteiger partial charge is 0.463 e. The van der Waals surface area contributed by atoms with Crippen LogP contribution >= 0.6 is 11.8 Å². The van der Waals surface area contributed by atoms with Gasteiger partial charge in [-0.1, -0.05) is 30.0 Å². The second-order valence-corrected chi connectivity index (χ2v) is 7.07. The van der Waals surface area contributed by atoms with Gasteiger partial charge >= 0.3 is 12.0 Å². The molecule has 1 atom stereocenters. The Morgan fingerprint density at radius 1 is 1.19 bits per heavy atom. The van der Waals surface area contributed by atoms with Crippen LogP contribution in [0.1, 0.15) is 25.5 Å². The maximum atomic E-state index is 13.3. The van der Waals surface area contributed by atoms with E-state index in [1.807, 2.05) is 30.3 Å². The van der Waals surface area contributed by atoms with Gasteiger partial charge in [-0.2, -0.15) is 0 Å². The molecule has 7 heteroatoms. The van der Waals surface area contributed by atoms with Crippen LogP contribution < -0.4 is 10.6 Å². The fourth-order valence-corrected chi connectivity index (χ4v) is 3.68. The third-order valence-electron chi connectivity index (χ3n) is 4.01. The number of esters is 1. The van der Waals surface area contributed by atoms with Crippen molar-refractivity contribution in [3.63, 3.8) is 0 Å². The summed E-state index contributed by atoms with van der Waals surface area (Å²) >= 11 is 1.43. The van der Waals surface area contributed by atoms with Gasteiger partial charge in [-0.25, -0.2) is 14.0 Å². The molecule has 0 saturated heterocycles. The zero-order chi connectivity index (χ0) is 19.4. The highest BCUT2D eigenvalue weighted by Crippen LogP contribution is 2.32. The van der Waals surface area contributed by atoms with Crippen molar-refractivity contribution >= 4 is 23.8 Å². The van der Waals surface area contributed by atoms with Crippen molar-refractivity contribution in [3.8, 4) is 0 Å². The number of hydrogen-bond acceptors (Lipinski definition) is 4. The molecule has 2 N–H and O–H groups in total. The second-order valence-electron chi connectivity index (χ2n) is 5.92. The first-order valence-electron chi connectivity index (χ1n) is 8.46. The van der Waals surface area contributed by atoms with E-state index in [0.29, 0.717) is 11.3 Å². The van der Waals surface area contributed by atoms with Gasteiger partial charge in [0.1, 0.15) is 5.82 Å². The van der Waals surface area contributed by atoms with E-state index in [9.17, 15) is 14.0 Å². The van der Waals surface area contributed by atoms with Crippen LogP contribution in [0, 0.1) is 5.82 Å². The Labute approximate surface area is 161 Å². The molecule has 1 aliphatic heterocycles. The summed E-state index contributed by atoms with van der Waals surface area (Å²) in [6.07, 6.45) is 0. The summed E-state index contributed by atoms with van der Waals surface area (Å²) in [6.45, 7) is 3.65. The maximum absolute atomic E-state index is 13.3. The molecule has 140 valence electrons. The third kappa shape index (κ3) is 4.49. The highest BCUT2D eigenvalue weighted by Gasteiger charge is 2.31. The van der Waals surface area contributed by atoms with Crippen LogP contribution in [0.2, 0.25) is 0 Å². The topological polar surface area (TPSA) is 67.4 Å². The standard InChI is InChI=1S/C20H19FN2O3S/c1-3-26-19(24)17-12(2)22-20(25)23-18(17)13-7-9-15(10-8-13)27-16-6-4-5-14(21)11-16/h4-11,18H,3H2,1-2H3,(H2,22,23,25)/t18-/m1/s1. The lowest BCUT2D eigenvalue weighted by Gasteiger charge is -2.28. The van der Waals surface area contributed by atoms with Crippen LogP contribution in [0.25, 0.3) is 0 Å². The molecule has 0 radical (unpaired) electrons. The van der Waals surface area contributed by atoms with Gasteiger partial charge in [0.15, 0.2) is 0 Å². The zero-order valence-electron chi connectivity index (χ0n) is 14.9. The molecule has 0 fully saturated rings. The normalized spacial score (nSPS) is 16.6. The van der Waals surface area contributed by atoms with Gasteiger partial charge in [0.25, 0.3) is 0 Å². The van der Waals surface area contributed by atoms with E-state index in [1.54, 1.807) is 19.9 Å². The van der Waals surface area contributed by atoms with Crippen LogP contribution in [0.15, 0.2) is 69.6 Å². The summed E-state index contributed by atoms with van der Waals surface area (Å²) in [5.74, 6) is -0.751. The molecular weight excluding hydrogens is 367 g/mol. The van der Waals surface area contributed by atoms with Crippen molar-refractivity contribution in [1.29, 1.82) is 0 Å². The number of carbonyl (C=O) groups is 2. The number of amides is 2. The van der Waals surface area contributed by atoms with E-state index in [2.05, 4.69) is 10.6 Å². The van der Waals surface area contributed by atoms with Crippen molar-refractivity contribution in [2.24, 2.45) is 0 Å². The molecule has 0 unspecified atom stereocenters. The Morgan fingerprint density at radius 2 is 1.93 bits per heavy atom. The highest BCUT2D eigenvalue weighted by atomic mass is 32.2. The van der Waals surface area contributed by atoms with E-state index in [0.717, 1.165) is 15.4 Å². The molecule has 1 aliphatic rings. The predicted molar refractivity (Wildman–Crippen MR) is 101 cm³/mol. The van der Waals surface area contributed by atoms with Crippen molar-refractivity contribution in [1.82, 2.24) is 10.6 Å². The summed E-state index contributed by atoms with van der Waals surface area (Å²) in [6, 6.07) is 12.8. The number of hydrogen-bond donors (Lipinski definition) is 2. The summed E-state index contributed by atoms with van der Waals surface area (Å²) in [5, 5.41) is 5.37. The van der Waals surface area contributed by atoms with Crippen LogP contribution in [-0.2, 0) is 9.53 Å². The van der Waals surface area contributed by atoms with Crippen molar-refractivity contribution in [3.05, 3.63) is 71.2 Å². The smallest absolute Gasteiger partial charge is 0.338 e. The number of urea groups is 1. The predicted octanol–water partition coefficient (Wildman–Crippen LogP) is 4.17. The van der Waals surface area contributed by atoms with Gasteiger partial charge in [0.05, 0.1) is 18.2 Å². The van der Waals surface area contributed by atoms with Gasteiger partial charge in [-0.3, -0.25) is 0 Å². The van der Waals surface area contributed by atoms with Gasteiger partial charge in [-0.15, -0.1) is 0 Å². The highest BCUT2D eigenvalue weighted by molar-refractivity contribution is 7.99. The van der Waals surface area contributed by atoms with E-state index in [4.69, 9.17) is 4.74 Å². The molecule has 5 nitrogen and oxygen atoms in total. The average Bonchev–Trinajstić information content (AvgIpc) is 2.62. The molecule has 2 aromatic rings. The Morgan fingerprint density at radius 3 is 2.59 bits per heavy atom. The molecule has 27 heavy (non-hydrogen) atoms. The van der Waals surface area contributed by atoms with E-state index in [1.165, 1.54) is 23.9 Å². The van der Waals surface area contributed by atoms with Crippen molar-refractivity contribution < 1.29 is 18.7 Å². The Bertz CT molecular complexity index is 896. The number of allylic oxidation sites excluding steroid dienone is 1. The van der Waals surface area contributed by atoms with Gasteiger partial charge < -0.3 is 15.4 Å². The monoisotopic (exact) mass is 386 g/mol. The molecule has 0 spiro atoms. The van der Waals surface area contributed by atoms with Crippen molar-refractivity contribution in [2.75, 3.05) is 6.61 Å². The number of nitrogens with one attached hydrogen (secondary N) is 2. The van der Waals surface area contributed by atoms with Crippen LogP contribution in [0.5, 0.6) is 0 Å². The minimum absolute atomic E-state index is 0.249. The van der Waals surface area contributed by atoms with Crippen LogP contribution in [0.3, 0.4) is 0 Å². The molecule has 0 bridgehead atoms. The van der Waals surface area contributed by atoms with Gasteiger partial charge in [0, 0.05) is 15.5 Å². The van der Waals surface area contributed by atoms with Gasteiger partial charge in [-0.05, 0) is 49.7 Å².